The second-order valence-corrected chi connectivity index (χ2v) is 9.45. The number of nitrogens with two attached hydrogens (primary N) is 1. The summed E-state index contributed by atoms with van der Waals surface area (Å²) >= 11 is 5.81. The third kappa shape index (κ3) is 4.42. The van der Waals surface area contributed by atoms with Crippen molar-refractivity contribution in [2.24, 2.45) is 0 Å². The molecule has 0 aromatic heterocycles. The average Bonchev–Trinajstić information content (AvgIpc) is 2.23. The van der Waals surface area contributed by atoms with Crippen LogP contribution in [-0.4, -0.2) is 25.5 Å². The summed E-state index contributed by atoms with van der Waals surface area (Å²) < 4.78 is 27.8. The van der Waals surface area contributed by atoms with Gasteiger partial charge in [-0.3, -0.25) is 0 Å². The molecule has 1 aromatic rings. The van der Waals surface area contributed by atoms with Crippen molar-refractivity contribution in [3.63, 3.8) is 0 Å². The summed E-state index contributed by atoms with van der Waals surface area (Å²) in [7, 11) is -3.50. The molecule has 2 rings (SSSR count). The highest BCUT2D eigenvalue weighted by Crippen LogP contribution is 2.23. The number of rotatable bonds is 3. The molecule has 6 heteroatoms. The maximum absolute atomic E-state index is 12.5. The van der Waals surface area contributed by atoms with Gasteiger partial charge in [0.05, 0.1) is 16.0 Å². The lowest BCUT2D eigenvalue weighted by molar-refractivity contribution is -0.787. The summed E-state index contributed by atoms with van der Waals surface area (Å²) in [6.07, 6.45) is 1.62. The van der Waals surface area contributed by atoms with E-state index in [0.717, 1.165) is 12.8 Å². The van der Waals surface area contributed by atoms with Crippen molar-refractivity contribution in [3.8, 4) is 0 Å². The molecule has 21 heavy (non-hydrogen) atoms. The molecule has 0 amide bonds. The topological polar surface area (TPSA) is 62.8 Å². The quantitative estimate of drug-likeness (QED) is 0.888. The molecule has 1 fully saturated rings. The van der Waals surface area contributed by atoms with Gasteiger partial charge < -0.3 is 5.32 Å². The van der Waals surface area contributed by atoms with Gasteiger partial charge in [0.2, 0.25) is 10.0 Å². The lowest BCUT2D eigenvalue weighted by Gasteiger charge is -2.43. The van der Waals surface area contributed by atoms with Crippen molar-refractivity contribution in [2.45, 2.75) is 62.6 Å². The molecule has 0 spiro atoms. The number of halogens is 1. The van der Waals surface area contributed by atoms with E-state index in [0.29, 0.717) is 5.02 Å². The van der Waals surface area contributed by atoms with Crippen LogP contribution < -0.4 is 10.0 Å². The Morgan fingerprint density at radius 3 is 2.05 bits per heavy atom. The third-order valence-corrected chi connectivity index (χ3v) is 5.56. The molecule has 1 heterocycles. The molecule has 0 atom stereocenters. The van der Waals surface area contributed by atoms with Crippen LogP contribution in [0.25, 0.3) is 0 Å². The first-order chi connectivity index (χ1) is 9.49. The van der Waals surface area contributed by atoms with E-state index in [9.17, 15) is 8.42 Å². The van der Waals surface area contributed by atoms with E-state index in [1.807, 2.05) is 0 Å². The van der Waals surface area contributed by atoms with Crippen molar-refractivity contribution < 1.29 is 13.7 Å². The molecule has 0 radical (unpaired) electrons. The smallest absolute Gasteiger partial charge is 0.240 e. The van der Waals surface area contributed by atoms with Crippen LogP contribution in [0.1, 0.15) is 40.5 Å². The zero-order valence-electron chi connectivity index (χ0n) is 13.0. The Kier molecular flexibility index (Phi) is 4.42. The first-order valence-corrected chi connectivity index (χ1v) is 9.00. The summed E-state index contributed by atoms with van der Waals surface area (Å²) in [6.45, 7) is 8.60. The predicted molar refractivity (Wildman–Crippen MR) is 84.9 cm³/mol. The number of piperidine rings is 1. The fourth-order valence-electron chi connectivity index (χ4n) is 3.50. The Balaban J connectivity index is 2.18. The van der Waals surface area contributed by atoms with Crippen LogP contribution in [0.15, 0.2) is 29.2 Å². The van der Waals surface area contributed by atoms with E-state index in [4.69, 9.17) is 11.6 Å². The van der Waals surface area contributed by atoms with Gasteiger partial charge in [0.25, 0.3) is 0 Å². The normalized spacial score (nSPS) is 22.1. The van der Waals surface area contributed by atoms with Crippen LogP contribution in [0, 0.1) is 0 Å². The second-order valence-electron chi connectivity index (χ2n) is 7.30. The van der Waals surface area contributed by atoms with Crippen LogP contribution in [0.2, 0.25) is 5.02 Å². The molecular formula is C15H24ClN2O2S+. The van der Waals surface area contributed by atoms with E-state index < -0.39 is 10.0 Å². The number of sulfonamides is 1. The molecule has 1 aliphatic heterocycles. The molecule has 3 N–H and O–H groups in total. The predicted octanol–water partition coefficient (Wildman–Crippen LogP) is 1.90. The van der Waals surface area contributed by atoms with E-state index in [2.05, 4.69) is 37.7 Å². The molecule has 0 aliphatic carbocycles. The van der Waals surface area contributed by atoms with Crippen molar-refractivity contribution >= 4 is 21.6 Å². The maximum atomic E-state index is 12.5. The van der Waals surface area contributed by atoms with Gasteiger partial charge in [0.15, 0.2) is 0 Å². The first-order valence-electron chi connectivity index (χ1n) is 7.14. The number of benzene rings is 1. The minimum atomic E-state index is -3.50. The Bertz CT molecular complexity index is 593. The fraction of sp³-hybridized carbons (Fsp3) is 0.600. The number of hydrogen-bond acceptors (Lipinski definition) is 2. The summed E-state index contributed by atoms with van der Waals surface area (Å²) in [5, 5.41) is 2.86. The Hall–Kier alpha value is -0.620. The van der Waals surface area contributed by atoms with Gasteiger partial charge in [-0.2, -0.15) is 0 Å². The monoisotopic (exact) mass is 331 g/mol. The van der Waals surface area contributed by atoms with E-state index in [-0.39, 0.29) is 22.0 Å². The molecular weight excluding hydrogens is 308 g/mol. The van der Waals surface area contributed by atoms with Gasteiger partial charge in [0.1, 0.15) is 0 Å². The standard InChI is InChI=1S/C15H23ClN2O2S/c1-14(2)9-12(10-15(3,4)18-14)17-21(19,20)13-7-5-11(16)6-8-13/h5-8,12,17-18H,9-10H2,1-4H3/p+1. The minimum absolute atomic E-state index is 0.0228. The summed E-state index contributed by atoms with van der Waals surface area (Å²) in [6, 6.07) is 6.21. The number of nitrogens with one attached hydrogen (secondary N) is 1. The average molecular weight is 332 g/mol. The van der Waals surface area contributed by atoms with E-state index >= 15 is 0 Å². The molecule has 0 unspecified atom stereocenters. The van der Waals surface area contributed by atoms with Crippen LogP contribution in [-0.2, 0) is 10.0 Å². The minimum Gasteiger partial charge on any atom is -0.337 e. The fourth-order valence-corrected chi connectivity index (χ4v) is 4.86. The maximum Gasteiger partial charge on any atom is 0.240 e. The first kappa shape index (κ1) is 16.7. The molecule has 1 aliphatic rings. The van der Waals surface area contributed by atoms with E-state index in [1.165, 1.54) is 12.1 Å². The van der Waals surface area contributed by atoms with Crippen LogP contribution in [0.4, 0.5) is 0 Å². The molecule has 1 aromatic carbocycles. The van der Waals surface area contributed by atoms with Crippen LogP contribution >= 0.6 is 11.6 Å². The van der Waals surface area contributed by atoms with Gasteiger partial charge >= 0.3 is 0 Å². The summed E-state index contributed by atoms with van der Waals surface area (Å²) in [4.78, 5) is 0.261. The molecule has 0 saturated carbocycles. The Morgan fingerprint density at radius 2 is 1.57 bits per heavy atom. The molecule has 0 bridgehead atoms. The highest BCUT2D eigenvalue weighted by molar-refractivity contribution is 7.89. The van der Waals surface area contributed by atoms with Crippen LogP contribution in [0.3, 0.4) is 0 Å². The van der Waals surface area contributed by atoms with Gasteiger partial charge in [-0.05, 0) is 52.0 Å². The highest BCUT2D eigenvalue weighted by Gasteiger charge is 2.42. The lowest BCUT2D eigenvalue weighted by Crippen LogP contribution is -3.06. The van der Waals surface area contributed by atoms with Gasteiger partial charge in [0, 0.05) is 23.9 Å². The zero-order chi connectivity index (χ0) is 15.9. The lowest BCUT2D eigenvalue weighted by atomic mass is 9.80. The van der Waals surface area contributed by atoms with Crippen LogP contribution in [0.5, 0.6) is 0 Å². The number of quaternary nitrogens is 1. The third-order valence-electron chi connectivity index (χ3n) is 3.77. The molecule has 1 saturated heterocycles. The van der Waals surface area contributed by atoms with Gasteiger partial charge in [-0.1, -0.05) is 11.6 Å². The SMILES string of the molecule is CC1(C)CC(NS(=O)(=O)c2ccc(Cl)cc2)CC(C)(C)[NH2+]1. The van der Waals surface area contributed by atoms with Crippen molar-refractivity contribution in [1.82, 2.24) is 4.72 Å². The van der Waals surface area contributed by atoms with Gasteiger partial charge in [-0.25, -0.2) is 13.1 Å². The van der Waals surface area contributed by atoms with E-state index in [1.54, 1.807) is 12.1 Å². The summed E-state index contributed by atoms with van der Waals surface area (Å²) in [5.74, 6) is 0. The second kappa shape index (κ2) is 5.54. The largest absolute Gasteiger partial charge is 0.337 e. The number of hydrogen-bond donors (Lipinski definition) is 2. The highest BCUT2D eigenvalue weighted by atomic mass is 35.5. The zero-order valence-corrected chi connectivity index (χ0v) is 14.6. The Labute approximate surface area is 132 Å². The molecule has 118 valence electrons. The Morgan fingerprint density at radius 1 is 1.10 bits per heavy atom. The summed E-state index contributed by atoms with van der Waals surface area (Å²) in [5.41, 5.74) is 0.0455. The van der Waals surface area contributed by atoms with Crippen molar-refractivity contribution in [2.75, 3.05) is 0 Å². The molecule has 4 nitrogen and oxygen atoms in total. The van der Waals surface area contributed by atoms with Crippen molar-refractivity contribution in [3.05, 3.63) is 29.3 Å². The van der Waals surface area contributed by atoms with Gasteiger partial charge in [-0.15, -0.1) is 0 Å². The van der Waals surface area contributed by atoms with Crippen molar-refractivity contribution in [1.29, 1.82) is 0 Å².